The Kier molecular flexibility index (Phi) is 7.90. The van der Waals surface area contributed by atoms with Gasteiger partial charge in [-0.1, -0.05) is 56.2 Å². The van der Waals surface area contributed by atoms with Gasteiger partial charge in [-0.3, -0.25) is 9.52 Å². The zero-order valence-electron chi connectivity index (χ0n) is 22.8. The van der Waals surface area contributed by atoms with E-state index in [4.69, 9.17) is 5.73 Å². The summed E-state index contributed by atoms with van der Waals surface area (Å²) in [4.78, 5) is 13.2. The number of likely N-dealkylation sites (N-methyl/N-ethyl adjacent to an activating group) is 1. The van der Waals surface area contributed by atoms with Crippen LogP contribution in [0.5, 0.6) is 0 Å². The highest BCUT2D eigenvalue weighted by atomic mass is 32.2. The zero-order chi connectivity index (χ0) is 28.6. The Hall–Kier alpha value is -3.78. The number of fused-ring (bicyclic) bond motifs is 2. The number of nitrogen functional groups attached to an aromatic ring is 1. The van der Waals surface area contributed by atoms with Crippen LogP contribution in [0.15, 0.2) is 59.0 Å². The molecule has 0 saturated heterocycles. The molecule has 5 rings (SSSR count). The SMILES string of the molecule is CCC/C=C(/C(=O)NC)c1ccc(-c2c(F)ccc(NS(=O)c3cccc4c3CCC3=C4[CH]3)c2F)c(CC)c1N. The molecule has 2 aliphatic rings. The summed E-state index contributed by atoms with van der Waals surface area (Å²) in [5, 5.41) is 2.64. The predicted octanol–water partition coefficient (Wildman–Crippen LogP) is 6.76. The van der Waals surface area contributed by atoms with Crippen molar-refractivity contribution >= 4 is 39.4 Å². The number of nitrogens with two attached hydrogens (primary N) is 1. The van der Waals surface area contributed by atoms with Crippen LogP contribution in [0.4, 0.5) is 20.2 Å². The molecule has 1 atom stereocenters. The summed E-state index contributed by atoms with van der Waals surface area (Å²) < 4.78 is 47.4. The van der Waals surface area contributed by atoms with Gasteiger partial charge in [-0.25, -0.2) is 13.0 Å². The molecule has 207 valence electrons. The Morgan fingerprint density at radius 3 is 2.60 bits per heavy atom. The van der Waals surface area contributed by atoms with Crippen molar-refractivity contribution in [2.24, 2.45) is 0 Å². The van der Waals surface area contributed by atoms with E-state index >= 15 is 8.78 Å². The average Bonchev–Trinajstić information content (AvgIpc) is 3.76. The lowest BCUT2D eigenvalue weighted by Crippen LogP contribution is -2.20. The third-order valence-corrected chi connectivity index (χ3v) is 8.71. The van der Waals surface area contributed by atoms with Gasteiger partial charge in [-0.15, -0.1) is 0 Å². The summed E-state index contributed by atoms with van der Waals surface area (Å²) in [5.41, 5.74) is 12.9. The fourth-order valence-corrected chi connectivity index (χ4v) is 6.51. The van der Waals surface area contributed by atoms with Crippen molar-refractivity contribution in [3.63, 3.8) is 0 Å². The molecule has 4 N–H and O–H groups in total. The van der Waals surface area contributed by atoms with E-state index in [1.807, 2.05) is 32.1 Å². The number of rotatable bonds is 9. The third kappa shape index (κ3) is 4.96. The quantitative estimate of drug-likeness (QED) is 0.200. The standard InChI is InChI=1S/C32H32F2N3O2S/c1-4-6-8-24(32(38)36-3)23-14-13-22(19(5-2)31(23)35)29-26(33)15-16-27(30(29)34)37-40(39)28-10-7-9-20-21(28)12-11-18-17-25(18)20/h7-10,13-17,37H,4-6,11-12,35H2,1-3H3,(H,36,38)/b24-8+. The van der Waals surface area contributed by atoms with Crippen LogP contribution in [0.25, 0.3) is 22.3 Å². The molecule has 5 nitrogen and oxygen atoms in total. The maximum Gasteiger partial charge on any atom is 0.251 e. The van der Waals surface area contributed by atoms with Gasteiger partial charge in [0.2, 0.25) is 0 Å². The molecule has 40 heavy (non-hydrogen) atoms. The number of hydrogen-bond acceptors (Lipinski definition) is 3. The summed E-state index contributed by atoms with van der Waals surface area (Å²) >= 11 is 0. The summed E-state index contributed by atoms with van der Waals surface area (Å²) in [6, 6.07) is 11.3. The van der Waals surface area contributed by atoms with Crippen LogP contribution in [0.1, 0.15) is 55.4 Å². The molecule has 1 radical (unpaired) electrons. The van der Waals surface area contributed by atoms with Gasteiger partial charge in [-0.05, 0) is 71.7 Å². The van der Waals surface area contributed by atoms with E-state index in [9.17, 15) is 9.00 Å². The number of benzene rings is 3. The highest BCUT2D eigenvalue weighted by molar-refractivity contribution is 7.86. The normalized spacial score (nSPS) is 14.9. The molecule has 1 amide bonds. The minimum absolute atomic E-state index is 0.0698. The van der Waals surface area contributed by atoms with Crippen LogP contribution in [-0.2, 0) is 28.6 Å². The van der Waals surface area contributed by atoms with Gasteiger partial charge < -0.3 is 11.1 Å². The van der Waals surface area contributed by atoms with Crippen molar-refractivity contribution in [1.29, 1.82) is 0 Å². The van der Waals surface area contributed by atoms with Crippen molar-refractivity contribution < 1.29 is 17.8 Å². The van der Waals surface area contributed by atoms with Gasteiger partial charge in [0.25, 0.3) is 5.91 Å². The molecule has 3 aromatic carbocycles. The number of carbonyl (C=O) groups is 1. The first-order valence-corrected chi connectivity index (χ1v) is 14.7. The number of allylic oxidation sites excluding steroid dienone is 3. The molecule has 0 aliphatic heterocycles. The van der Waals surface area contributed by atoms with E-state index in [2.05, 4.69) is 16.5 Å². The molecule has 2 aliphatic carbocycles. The van der Waals surface area contributed by atoms with Crippen LogP contribution >= 0.6 is 0 Å². The van der Waals surface area contributed by atoms with E-state index in [-0.39, 0.29) is 17.2 Å². The molecule has 0 fully saturated rings. The fourth-order valence-electron chi connectivity index (χ4n) is 5.40. The predicted molar refractivity (Wildman–Crippen MR) is 159 cm³/mol. The van der Waals surface area contributed by atoms with E-state index in [1.165, 1.54) is 17.2 Å². The van der Waals surface area contributed by atoms with Crippen molar-refractivity contribution in [1.82, 2.24) is 5.32 Å². The van der Waals surface area contributed by atoms with Crippen LogP contribution < -0.4 is 15.8 Å². The van der Waals surface area contributed by atoms with Gasteiger partial charge in [0.05, 0.1) is 16.1 Å². The van der Waals surface area contributed by atoms with Gasteiger partial charge in [-0.2, -0.15) is 0 Å². The lowest BCUT2D eigenvalue weighted by atomic mass is 9.90. The minimum Gasteiger partial charge on any atom is -0.398 e. The molecule has 3 aromatic rings. The topological polar surface area (TPSA) is 84.2 Å². The molecule has 0 bridgehead atoms. The molecule has 0 aromatic heterocycles. The van der Waals surface area contributed by atoms with E-state index in [0.717, 1.165) is 36.5 Å². The van der Waals surface area contributed by atoms with Gasteiger partial charge in [0.15, 0.2) is 16.8 Å². The monoisotopic (exact) mass is 560 g/mol. The van der Waals surface area contributed by atoms with E-state index in [1.54, 1.807) is 25.2 Å². The molecule has 0 heterocycles. The van der Waals surface area contributed by atoms with Gasteiger partial charge in [0, 0.05) is 30.3 Å². The lowest BCUT2D eigenvalue weighted by Gasteiger charge is -2.19. The Balaban J connectivity index is 1.53. The largest absolute Gasteiger partial charge is 0.398 e. The van der Waals surface area contributed by atoms with Crippen molar-refractivity contribution in [3.05, 3.63) is 94.4 Å². The van der Waals surface area contributed by atoms with Crippen LogP contribution in [-0.4, -0.2) is 17.2 Å². The number of halogens is 2. The average molecular weight is 561 g/mol. The minimum atomic E-state index is -1.76. The van der Waals surface area contributed by atoms with Crippen LogP contribution in [0.2, 0.25) is 0 Å². The number of unbranched alkanes of at least 4 members (excludes halogenated alkanes) is 1. The smallest absolute Gasteiger partial charge is 0.251 e. The third-order valence-electron chi connectivity index (χ3n) is 7.52. The molecule has 1 unspecified atom stereocenters. The Labute approximate surface area is 236 Å². The second-order valence-electron chi connectivity index (χ2n) is 9.91. The fraction of sp³-hybridized carbons (Fsp3) is 0.250. The lowest BCUT2D eigenvalue weighted by molar-refractivity contribution is -0.115. The molecular weight excluding hydrogens is 528 g/mol. The zero-order valence-corrected chi connectivity index (χ0v) is 23.6. The summed E-state index contributed by atoms with van der Waals surface area (Å²) in [6.07, 6.45) is 7.54. The Morgan fingerprint density at radius 1 is 1.07 bits per heavy atom. The molecular formula is C32H32F2N3O2S. The highest BCUT2D eigenvalue weighted by Gasteiger charge is 2.31. The number of anilines is 2. The molecule has 0 saturated carbocycles. The maximum atomic E-state index is 16.0. The maximum absolute atomic E-state index is 16.0. The second-order valence-corrected chi connectivity index (χ2v) is 11.1. The summed E-state index contributed by atoms with van der Waals surface area (Å²) in [5.74, 6) is -1.89. The summed E-state index contributed by atoms with van der Waals surface area (Å²) in [6.45, 7) is 3.85. The van der Waals surface area contributed by atoms with Crippen molar-refractivity contribution in [2.45, 2.75) is 50.8 Å². The van der Waals surface area contributed by atoms with E-state index in [0.29, 0.717) is 45.7 Å². The number of carbonyl (C=O) groups excluding carboxylic acids is 1. The molecule has 8 heteroatoms. The first kappa shape index (κ1) is 27.8. The van der Waals surface area contributed by atoms with Gasteiger partial charge in [0.1, 0.15) is 5.82 Å². The van der Waals surface area contributed by atoms with Crippen molar-refractivity contribution in [2.75, 3.05) is 17.5 Å². The first-order chi connectivity index (χ1) is 19.3. The van der Waals surface area contributed by atoms with Crippen molar-refractivity contribution in [3.8, 4) is 11.1 Å². The van der Waals surface area contributed by atoms with E-state index < -0.39 is 22.6 Å². The summed E-state index contributed by atoms with van der Waals surface area (Å²) in [7, 11) is -0.212. The Bertz CT molecular complexity index is 1610. The molecule has 0 spiro atoms. The number of nitrogens with one attached hydrogen (secondary N) is 2. The second kappa shape index (κ2) is 11.4. The van der Waals surface area contributed by atoms with Crippen LogP contribution in [0, 0.1) is 18.1 Å². The van der Waals surface area contributed by atoms with Gasteiger partial charge >= 0.3 is 0 Å². The number of amides is 1. The number of hydrogen-bond donors (Lipinski definition) is 3. The highest BCUT2D eigenvalue weighted by Crippen LogP contribution is 2.48. The first-order valence-electron chi connectivity index (χ1n) is 13.5. The Morgan fingerprint density at radius 2 is 1.88 bits per heavy atom. The van der Waals surface area contributed by atoms with Crippen LogP contribution in [0.3, 0.4) is 0 Å².